The smallest absolute Gasteiger partial charge is 0.254 e. The van der Waals surface area contributed by atoms with Crippen LogP contribution in [-0.4, -0.2) is 36.0 Å². The topological polar surface area (TPSA) is 42.4 Å². The van der Waals surface area contributed by atoms with Gasteiger partial charge in [0.05, 0.1) is 23.9 Å². The standard InChI is InChI=1S/C25H30N2O2/c1-4-6-15-27(16-7-5-2)25(28)22-18-24(19-11-10-12-20(17-19)29-3)26-23-14-9-8-13-21(22)23/h8-14,17-18H,4-7,15-16H2,1-3H3. The number of ether oxygens (including phenoxy) is 1. The molecule has 1 aromatic heterocycles. The Morgan fingerprint density at radius 3 is 2.38 bits per heavy atom. The van der Waals surface area contributed by atoms with E-state index in [1.54, 1.807) is 7.11 Å². The summed E-state index contributed by atoms with van der Waals surface area (Å²) < 4.78 is 5.37. The highest BCUT2D eigenvalue weighted by atomic mass is 16.5. The predicted molar refractivity (Wildman–Crippen MR) is 119 cm³/mol. The molecular weight excluding hydrogens is 360 g/mol. The number of methoxy groups -OCH3 is 1. The predicted octanol–water partition coefficient (Wildman–Crippen LogP) is 5.95. The average molecular weight is 391 g/mol. The maximum atomic E-state index is 13.6. The number of carbonyl (C=O) groups is 1. The van der Waals surface area contributed by atoms with Crippen LogP contribution in [-0.2, 0) is 0 Å². The quantitative estimate of drug-likeness (QED) is 0.453. The number of amides is 1. The molecule has 0 saturated carbocycles. The summed E-state index contributed by atoms with van der Waals surface area (Å²) in [5, 5.41) is 0.905. The molecule has 2 aromatic carbocycles. The van der Waals surface area contributed by atoms with Gasteiger partial charge in [0, 0.05) is 24.0 Å². The molecule has 0 N–H and O–H groups in total. The van der Waals surface area contributed by atoms with Crippen LogP contribution in [0.15, 0.2) is 54.6 Å². The van der Waals surface area contributed by atoms with Crippen LogP contribution in [0.3, 0.4) is 0 Å². The average Bonchev–Trinajstić information content (AvgIpc) is 2.78. The molecule has 0 bridgehead atoms. The summed E-state index contributed by atoms with van der Waals surface area (Å²) >= 11 is 0. The van der Waals surface area contributed by atoms with Crippen LogP contribution in [0.4, 0.5) is 0 Å². The van der Waals surface area contributed by atoms with Gasteiger partial charge in [0.2, 0.25) is 0 Å². The van der Waals surface area contributed by atoms with Crippen LogP contribution in [0, 0.1) is 0 Å². The first-order valence-electron chi connectivity index (χ1n) is 10.5. The van der Waals surface area contributed by atoms with Crippen molar-refractivity contribution in [2.45, 2.75) is 39.5 Å². The van der Waals surface area contributed by atoms with Crippen LogP contribution in [0.25, 0.3) is 22.2 Å². The summed E-state index contributed by atoms with van der Waals surface area (Å²) in [5.74, 6) is 0.868. The van der Waals surface area contributed by atoms with Crippen molar-refractivity contribution in [1.82, 2.24) is 9.88 Å². The Bertz CT molecular complexity index is 960. The minimum absolute atomic E-state index is 0.0923. The van der Waals surface area contributed by atoms with Gasteiger partial charge in [0.25, 0.3) is 5.91 Å². The van der Waals surface area contributed by atoms with E-state index in [9.17, 15) is 4.79 Å². The minimum Gasteiger partial charge on any atom is -0.497 e. The van der Waals surface area contributed by atoms with Gasteiger partial charge in [-0.15, -0.1) is 0 Å². The second-order valence-corrected chi connectivity index (χ2v) is 7.30. The highest BCUT2D eigenvalue weighted by Crippen LogP contribution is 2.28. The number of hydrogen-bond donors (Lipinski definition) is 0. The van der Waals surface area contributed by atoms with Crippen LogP contribution in [0.1, 0.15) is 49.9 Å². The second kappa shape index (κ2) is 10.1. The lowest BCUT2D eigenvalue weighted by atomic mass is 10.0. The van der Waals surface area contributed by atoms with Gasteiger partial charge in [0.1, 0.15) is 5.75 Å². The molecule has 3 rings (SSSR count). The van der Waals surface area contributed by atoms with Crippen molar-refractivity contribution in [2.75, 3.05) is 20.2 Å². The van der Waals surface area contributed by atoms with Crippen LogP contribution in [0.5, 0.6) is 5.75 Å². The summed E-state index contributed by atoms with van der Waals surface area (Å²) in [7, 11) is 1.65. The maximum Gasteiger partial charge on any atom is 0.254 e. The second-order valence-electron chi connectivity index (χ2n) is 7.30. The lowest BCUT2D eigenvalue weighted by Gasteiger charge is -2.23. The number of benzene rings is 2. The van der Waals surface area contributed by atoms with Gasteiger partial charge in [0.15, 0.2) is 0 Å². The third-order valence-electron chi connectivity index (χ3n) is 5.16. The van der Waals surface area contributed by atoms with Crippen molar-refractivity contribution >= 4 is 16.8 Å². The Morgan fingerprint density at radius 2 is 1.69 bits per heavy atom. The van der Waals surface area contributed by atoms with Gasteiger partial charge in [-0.05, 0) is 37.1 Å². The Balaban J connectivity index is 2.08. The number of hydrogen-bond acceptors (Lipinski definition) is 3. The summed E-state index contributed by atoms with van der Waals surface area (Å²) in [5.41, 5.74) is 3.29. The van der Waals surface area contributed by atoms with E-state index in [-0.39, 0.29) is 5.91 Å². The molecule has 0 radical (unpaired) electrons. The minimum atomic E-state index is 0.0923. The SMILES string of the molecule is CCCCN(CCCC)C(=O)c1cc(-c2cccc(OC)c2)nc2ccccc12. The van der Waals surface area contributed by atoms with E-state index in [1.165, 1.54) is 0 Å². The molecule has 1 amide bonds. The van der Waals surface area contributed by atoms with E-state index in [2.05, 4.69) is 13.8 Å². The molecule has 4 nitrogen and oxygen atoms in total. The number of carbonyl (C=O) groups excluding carboxylic acids is 1. The lowest BCUT2D eigenvalue weighted by Crippen LogP contribution is -2.33. The fourth-order valence-corrected chi connectivity index (χ4v) is 3.47. The molecule has 0 aliphatic rings. The van der Waals surface area contributed by atoms with Crippen molar-refractivity contribution in [3.63, 3.8) is 0 Å². The Labute approximate surface area is 173 Å². The van der Waals surface area contributed by atoms with E-state index in [0.717, 1.165) is 72.2 Å². The van der Waals surface area contributed by atoms with E-state index in [0.29, 0.717) is 0 Å². The fourth-order valence-electron chi connectivity index (χ4n) is 3.47. The molecule has 3 aromatic rings. The van der Waals surface area contributed by atoms with Gasteiger partial charge < -0.3 is 9.64 Å². The summed E-state index contributed by atoms with van der Waals surface area (Å²) in [6.07, 6.45) is 4.17. The molecular formula is C25H30N2O2. The number of aromatic nitrogens is 1. The van der Waals surface area contributed by atoms with Gasteiger partial charge in [-0.25, -0.2) is 4.98 Å². The van der Waals surface area contributed by atoms with Crippen LogP contribution < -0.4 is 4.74 Å². The van der Waals surface area contributed by atoms with Crippen molar-refractivity contribution in [2.24, 2.45) is 0 Å². The van der Waals surface area contributed by atoms with Gasteiger partial charge in [-0.3, -0.25) is 4.79 Å². The molecule has 29 heavy (non-hydrogen) atoms. The molecule has 0 spiro atoms. The summed E-state index contributed by atoms with van der Waals surface area (Å²) in [6.45, 7) is 5.90. The van der Waals surface area contributed by atoms with Crippen LogP contribution >= 0.6 is 0 Å². The lowest BCUT2D eigenvalue weighted by molar-refractivity contribution is 0.0753. The zero-order valence-electron chi connectivity index (χ0n) is 17.6. The highest BCUT2D eigenvalue weighted by molar-refractivity contribution is 6.07. The van der Waals surface area contributed by atoms with Crippen LogP contribution in [0.2, 0.25) is 0 Å². The normalized spacial score (nSPS) is 10.9. The summed E-state index contributed by atoms with van der Waals surface area (Å²) in [4.78, 5) is 20.4. The zero-order chi connectivity index (χ0) is 20.6. The molecule has 0 atom stereocenters. The van der Waals surface area contributed by atoms with Crippen molar-refractivity contribution in [3.05, 3.63) is 60.2 Å². The van der Waals surface area contributed by atoms with E-state index >= 15 is 0 Å². The highest BCUT2D eigenvalue weighted by Gasteiger charge is 2.19. The monoisotopic (exact) mass is 390 g/mol. The first kappa shape index (κ1) is 20.8. The van der Waals surface area contributed by atoms with Crippen molar-refractivity contribution in [1.29, 1.82) is 0 Å². The largest absolute Gasteiger partial charge is 0.497 e. The first-order valence-corrected chi connectivity index (χ1v) is 10.5. The number of pyridine rings is 1. The Hall–Kier alpha value is -2.88. The van der Waals surface area contributed by atoms with Gasteiger partial charge in [-0.2, -0.15) is 0 Å². The van der Waals surface area contributed by atoms with Crippen molar-refractivity contribution in [3.8, 4) is 17.0 Å². The Morgan fingerprint density at radius 1 is 0.966 bits per heavy atom. The summed E-state index contributed by atoms with van der Waals surface area (Å²) in [6, 6.07) is 17.6. The van der Waals surface area contributed by atoms with E-state index < -0.39 is 0 Å². The molecule has 0 aliphatic carbocycles. The number of rotatable bonds is 9. The first-order chi connectivity index (χ1) is 14.2. The molecule has 0 unspecified atom stereocenters. The molecule has 152 valence electrons. The number of nitrogens with zero attached hydrogens (tertiary/aromatic N) is 2. The van der Waals surface area contributed by atoms with E-state index in [1.807, 2.05) is 59.5 Å². The van der Waals surface area contributed by atoms with Gasteiger partial charge in [-0.1, -0.05) is 57.0 Å². The van der Waals surface area contributed by atoms with E-state index in [4.69, 9.17) is 9.72 Å². The number of fused-ring (bicyclic) bond motifs is 1. The van der Waals surface area contributed by atoms with Gasteiger partial charge >= 0.3 is 0 Å². The molecule has 1 heterocycles. The third-order valence-corrected chi connectivity index (χ3v) is 5.16. The maximum absolute atomic E-state index is 13.6. The molecule has 4 heteroatoms. The number of para-hydroxylation sites is 1. The Kier molecular flexibility index (Phi) is 7.23. The molecule has 0 aliphatic heterocycles. The van der Waals surface area contributed by atoms with Crippen molar-refractivity contribution < 1.29 is 9.53 Å². The zero-order valence-corrected chi connectivity index (χ0v) is 17.6. The molecule has 0 saturated heterocycles. The third kappa shape index (κ3) is 4.94. The number of unbranched alkanes of at least 4 members (excludes halogenated alkanes) is 2. The molecule has 0 fully saturated rings. The fraction of sp³-hybridized carbons (Fsp3) is 0.360.